The molecule has 8 nitrogen and oxygen atoms in total. The number of aromatic nitrogens is 2. The van der Waals surface area contributed by atoms with Crippen LogP contribution in [0, 0.1) is 6.92 Å². The fourth-order valence-electron chi connectivity index (χ4n) is 4.17. The Morgan fingerprint density at radius 1 is 1.33 bits per heavy atom. The van der Waals surface area contributed by atoms with Crippen molar-refractivity contribution in [1.29, 1.82) is 0 Å². The molecule has 2 amide bonds. The maximum Gasteiger partial charge on any atom is 0.257 e. The quantitative estimate of drug-likeness (QED) is 0.834. The Morgan fingerprint density at radius 2 is 2.10 bits per heavy atom. The third-order valence-corrected chi connectivity index (χ3v) is 6.06. The fraction of sp³-hybridized carbons (Fsp3) is 0.500. The lowest BCUT2D eigenvalue weighted by atomic mass is 9.90. The topological polar surface area (TPSA) is 85.7 Å². The SMILES string of the molecule is CCCn1ncc(C(=O)N2CCC3(CC2)CNC(=O)c2ccc(OC)cc2O3)c1C. The van der Waals surface area contributed by atoms with Crippen molar-refractivity contribution >= 4 is 11.8 Å². The maximum atomic E-state index is 13.1. The summed E-state index contributed by atoms with van der Waals surface area (Å²) in [7, 11) is 1.59. The second-order valence-electron chi connectivity index (χ2n) is 7.99. The zero-order valence-electron chi connectivity index (χ0n) is 17.7. The molecule has 1 aromatic carbocycles. The van der Waals surface area contributed by atoms with Crippen molar-refractivity contribution in [3.05, 3.63) is 41.2 Å². The summed E-state index contributed by atoms with van der Waals surface area (Å²) in [5.74, 6) is 1.03. The van der Waals surface area contributed by atoms with E-state index in [1.807, 2.05) is 16.5 Å². The number of hydrogen-bond donors (Lipinski definition) is 1. The Hall–Kier alpha value is -3.03. The number of methoxy groups -OCH3 is 1. The molecule has 1 spiro atoms. The van der Waals surface area contributed by atoms with E-state index >= 15 is 0 Å². The molecule has 2 aromatic rings. The van der Waals surface area contributed by atoms with Gasteiger partial charge in [-0.2, -0.15) is 5.10 Å². The minimum atomic E-state index is -0.536. The third-order valence-electron chi connectivity index (χ3n) is 6.06. The van der Waals surface area contributed by atoms with Crippen LogP contribution in [0.1, 0.15) is 52.6 Å². The Bertz CT molecular complexity index is 960. The van der Waals surface area contributed by atoms with Crippen LogP contribution in [0.3, 0.4) is 0 Å². The van der Waals surface area contributed by atoms with E-state index in [9.17, 15) is 9.59 Å². The van der Waals surface area contributed by atoms with Crippen LogP contribution in [0.25, 0.3) is 0 Å². The molecule has 0 aliphatic carbocycles. The van der Waals surface area contributed by atoms with Crippen LogP contribution in [0.5, 0.6) is 11.5 Å². The Balaban J connectivity index is 1.49. The standard InChI is InChI=1S/C22H28N4O4/c1-4-9-26-15(2)18(13-24-26)21(28)25-10-7-22(8-11-25)14-23-20(27)17-6-5-16(29-3)12-19(17)30-22/h5-6,12-13H,4,7-11,14H2,1-3H3,(H,23,27). The highest BCUT2D eigenvalue weighted by Crippen LogP contribution is 2.35. The van der Waals surface area contributed by atoms with E-state index in [0.717, 1.165) is 18.7 Å². The van der Waals surface area contributed by atoms with E-state index in [-0.39, 0.29) is 11.8 Å². The van der Waals surface area contributed by atoms with Crippen LogP contribution in [-0.2, 0) is 6.54 Å². The fourth-order valence-corrected chi connectivity index (χ4v) is 4.17. The zero-order chi connectivity index (χ0) is 21.3. The molecule has 0 unspecified atom stereocenters. The van der Waals surface area contributed by atoms with Crippen molar-refractivity contribution in [2.75, 3.05) is 26.7 Å². The first-order valence-electron chi connectivity index (χ1n) is 10.4. The number of hydrogen-bond acceptors (Lipinski definition) is 5. The van der Waals surface area contributed by atoms with Crippen LogP contribution in [-0.4, -0.2) is 58.8 Å². The molecule has 30 heavy (non-hydrogen) atoms. The van der Waals surface area contributed by atoms with Crippen LogP contribution >= 0.6 is 0 Å². The predicted molar refractivity (Wildman–Crippen MR) is 111 cm³/mol. The number of nitrogens with zero attached hydrogens (tertiary/aromatic N) is 3. The lowest BCUT2D eigenvalue weighted by molar-refractivity contribution is 0.00759. The maximum absolute atomic E-state index is 13.1. The van der Waals surface area contributed by atoms with Gasteiger partial charge in [-0.3, -0.25) is 14.3 Å². The van der Waals surface area contributed by atoms with Gasteiger partial charge in [-0.25, -0.2) is 0 Å². The number of nitrogens with one attached hydrogen (secondary N) is 1. The smallest absolute Gasteiger partial charge is 0.257 e. The van der Waals surface area contributed by atoms with Crippen molar-refractivity contribution < 1.29 is 19.1 Å². The predicted octanol–water partition coefficient (Wildman–Crippen LogP) is 2.41. The molecule has 1 saturated heterocycles. The molecule has 0 bridgehead atoms. The Morgan fingerprint density at radius 3 is 2.80 bits per heavy atom. The highest BCUT2D eigenvalue weighted by Gasteiger charge is 2.41. The second-order valence-corrected chi connectivity index (χ2v) is 7.99. The molecule has 4 rings (SSSR count). The lowest BCUT2D eigenvalue weighted by Crippen LogP contribution is -2.54. The van der Waals surface area contributed by atoms with Crippen LogP contribution < -0.4 is 14.8 Å². The van der Waals surface area contributed by atoms with Crippen LogP contribution in [0.4, 0.5) is 0 Å². The van der Waals surface area contributed by atoms with Crippen LogP contribution in [0.2, 0.25) is 0 Å². The zero-order valence-corrected chi connectivity index (χ0v) is 17.7. The van der Waals surface area contributed by atoms with Crippen molar-refractivity contribution in [1.82, 2.24) is 20.0 Å². The van der Waals surface area contributed by atoms with Gasteiger partial charge < -0.3 is 19.7 Å². The van der Waals surface area contributed by atoms with E-state index in [0.29, 0.717) is 55.1 Å². The van der Waals surface area contributed by atoms with Gasteiger partial charge in [0.15, 0.2) is 0 Å². The summed E-state index contributed by atoms with van der Waals surface area (Å²) in [6, 6.07) is 5.23. The first-order valence-corrected chi connectivity index (χ1v) is 10.4. The van der Waals surface area contributed by atoms with Gasteiger partial charge in [0.1, 0.15) is 17.1 Å². The van der Waals surface area contributed by atoms with Crippen molar-refractivity contribution in [3.63, 3.8) is 0 Å². The summed E-state index contributed by atoms with van der Waals surface area (Å²) >= 11 is 0. The largest absolute Gasteiger partial charge is 0.497 e. The summed E-state index contributed by atoms with van der Waals surface area (Å²) < 4.78 is 13.5. The molecule has 1 aromatic heterocycles. The number of carbonyl (C=O) groups is 2. The molecule has 0 atom stereocenters. The van der Waals surface area contributed by atoms with E-state index in [2.05, 4.69) is 17.3 Å². The second kappa shape index (κ2) is 8.01. The first kappa shape index (κ1) is 20.3. The first-order chi connectivity index (χ1) is 14.5. The molecular formula is C22H28N4O4. The van der Waals surface area contributed by atoms with Gasteiger partial charge in [-0.15, -0.1) is 0 Å². The summed E-state index contributed by atoms with van der Waals surface area (Å²) in [6.45, 7) is 6.37. The minimum Gasteiger partial charge on any atom is -0.497 e. The number of fused-ring (bicyclic) bond motifs is 1. The van der Waals surface area contributed by atoms with Gasteiger partial charge in [0.25, 0.3) is 11.8 Å². The molecule has 160 valence electrons. The van der Waals surface area contributed by atoms with E-state index in [1.54, 1.807) is 31.5 Å². The van der Waals surface area contributed by atoms with Gasteiger partial charge >= 0.3 is 0 Å². The normalized spacial score (nSPS) is 17.7. The number of carbonyl (C=O) groups excluding carboxylic acids is 2. The lowest BCUT2D eigenvalue weighted by Gasteiger charge is -2.41. The van der Waals surface area contributed by atoms with E-state index in [4.69, 9.17) is 9.47 Å². The molecule has 1 N–H and O–H groups in total. The number of benzene rings is 1. The van der Waals surface area contributed by atoms with E-state index < -0.39 is 5.60 Å². The van der Waals surface area contributed by atoms with Crippen molar-refractivity contribution in [2.45, 2.75) is 45.3 Å². The number of aryl methyl sites for hydroxylation is 1. The number of likely N-dealkylation sites (tertiary alicyclic amines) is 1. The molecule has 2 aliphatic rings. The Kier molecular flexibility index (Phi) is 5.40. The van der Waals surface area contributed by atoms with Gasteiger partial charge in [-0.05, 0) is 25.5 Å². The van der Waals surface area contributed by atoms with Gasteiger partial charge in [-0.1, -0.05) is 6.92 Å². The molecule has 0 saturated carbocycles. The number of piperidine rings is 1. The number of amides is 2. The number of ether oxygens (including phenoxy) is 2. The monoisotopic (exact) mass is 412 g/mol. The summed E-state index contributed by atoms with van der Waals surface area (Å²) in [5, 5.41) is 7.33. The molecule has 0 radical (unpaired) electrons. The van der Waals surface area contributed by atoms with Crippen molar-refractivity contribution in [3.8, 4) is 11.5 Å². The van der Waals surface area contributed by atoms with Gasteiger partial charge in [0, 0.05) is 44.2 Å². The average Bonchev–Trinajstić information content (AvgIpc) is 3.06. The third kappa shape index (κ3) is 3.62. The van der Waals surface area contributed by atoms with E-state index in [1.165, 1.54) is 0 Å². The summed E-state index contributed by atoms with van der Waals surface area (Å²) in [6.07, 6.45) is 3.91. The highest BCUT2D eigenvalue weighted by molar-refractivity contribution is 5.97. The van der Waals surface area contributed by atoms with Gasteiger partial charge in [0.05, 0.1) is 31.0 Å². The highest BCUT2D eigenvalue weighted by atomic mass is 16.5. The summed E-state index contributed by atoms with van der Waals surface area (Å²) in [5.41, 5.74) is 1.53. The molecule has 3 heterocycles. The summed E-state index contributed by atoms with van der Waals surface area (Å²) in [4.78, 5) is 27.4. The molecular weight excluding hydrogens is 384 g/mol. The number of rotatable bonds is 4. The molecule has 8 heteroatoms. The molecule has 2 aliphatic heterocycles. The minimum absolute atomic E-state index is 0.00410. The van der Waals surface area contributed by atoms with Gasteiger partial charge in [0.2, 0.25) is 0 Å². The van der Waals surface area contributed by atoms with Crippen LogP contribution in [0.15, 0.2) is 24.4 Å². The van der Waals surface area contributed by atoms with Crippen molar-refractivity contribution in [2.24, 2.45) is 0 Å². The molecule has 1 fully saturated rings. The average molecular weight is 412 g/mol. The Labute approximate surface area is 176 Å².